The minimum absolute atomic E-state index is 0.122. The van der Waals surface area contributed by atoms with Gasteiger partial charge in [0.15, 0.2) is 0 Å². The molecule has 2 aliphatic rings. The number of benzene rings is 2. The van der Waals surface area contributed by atoms with Crippen LogP contribution in [-0.4, -0.2) is 40.7 Å². The van der Waals surface area contributed by atoms with Gasteiger partial charge in [0.2, 0.25) is 5.91 Å². The van der Waals surface area contributed by atoms with Gasteiger partial charge in [-0.3, -0.25) is 14.4 Å². The SMILES string of the molecule is CN1C(=O)CC(C(=O)ON2C(=O)c3ccccc3C2=O)C1c1ccc(Cl)c(Cl)c1. The third kappa shape index (κ3) is 3.16. The number of carbonyl (C=O) groups excluding carboxylic acids is 4. The zero-order chi connectivity index (χ0) is 20.9. The molecule has 1 fully saturated rings. The quantitative estimate of drug-likeness (QED) is 0.694. The van der Waals surface area contributed by atoms with E-state index in [0.29, 0.717) is 15.6 Å². The molecule has 2 heterocycles. The first-order valence-corrected chi connectivity index (χ1v) is 9.45. The summed E-state index contributed by atoms with van der Waals surface area (Å²) in [6.07, 6.45) is -0.122. The standard InChI is InChI=1S/C20H14Cl2N2O5/c1-23-16(25)9-13(17(23)10-6-7-14(21)15(22)8-10)20(28)29-24-18(26)11-4-2-3-5-12(11)19(24)27/h2-8,13,17H,9H2,1H3. The number of fused-ring (bicyclic) bond motifs is 1. The summed E-state index contributed by atoms with van der Waals surface area (Å²) in [6, 6.07) is 10.3. The number of hydrogen-bond acceptors (Lipinski definition) is 5. The van der Waals surface area contributed by atoms with E-state index in [2.05, 4.69) is 0 Å². The molecule has 2 aromatic carbocycles. The maximum atomic E-state index is 12.9. The fourth-order valence-corrected chi connectivity index (χ4v) is 3.95. The fourth-order valence-electron chi connectivity index (χ4n) is 3.64. The third-order valence-electron chi connectivity index (χ3n) is 5.11. The Labute approximate surface area is 175 Å². The Morgan fingerprint density at radius 2 is 1.62 bits per heavy atom. The van der Waals surface area contributed by atoms with E-state index in [1.807, 2.05) is 0 Å². The summed E-state index contributed by atoms with van der Waals surface area (Å²) in [7, 11) is 1.56. The predicted molar refractivity (Wildman–Crippen MR) is 103 cm³/mol. The molecule has 148 valence electrons. The number of rotatable bonds is 3. The van der Waals surface area contributed by atoms with Gasteiger partial charge >= 0.3 is 5.97 Å². The maximum absolute atomic E-state index is 12.9. The molecule has 3 amide bonds. The summed E-state index contributed by atoms with van der Waals surface area (Å²) in [4.78, 5) is 56.6. The van der Waals surface area contributed by atoms with Gasteiger partial charge in [-0.2, -0.15) is 0 Å². The number of likely N-dealkylation sites (tertiary alicyclic amines) is 1. The molecule has 1 saturated heterocycles. The van der Waals surface area contributed by atoms with Crippen LogP contribution in [0.1, 0.15) is 38.7 Å². The van der Waals surface area contributed by atoms with Gasteiger partial charge in [-0.15, -0.1) is 0 Å². The predicted octanol–water partition coefficient (Wildman–Crippen LogP) is 3.27. The summed E-state index contributed by atoms with van der Waals surface area (Å²) in [6.45, 7) is 0. The monoisotopic (exact) mass is 432 g/mol. The van der Waals surface area contributed by atoms with Crippen molar-refractivity contribution in [3.05, 3.63) is 69.2 Å². The lowest BCUT2D eigenvalue weighted by Crippen LogP contribution is -2.36. The van der Waals surface area contributed by atoms with E-state index in [-0.39, 0.29) is 28.5 Å². The van der Waals surface area contributed by atoms with E-state index in [1.165, 1.54) is 17.0 Å². The van der Waals surface area contributed by atoms with Crippen molar-refractivity contribution in [2.24, 2.45) is 5.92 Å². The van der Waals surface area contributed by atoms with Gasteiger partial charge < -0.3 is 9.74 Å². The lowest BCUT2D eigenvalue weighted by Gasteiger charge is -2.25. The lowest BCUT2D eigenvalue weighted by atomic mass is 9.94. The van der Waals surface area contributed by atoms with Gasteiger partial charge in [0.25, 0.3) is 11.8 Å². The van der Waals surface area contributed by atoms with Crippen molar-refractivity contribution >= 4 is 46.9 Å². The Morgan fingerprint density at radius 1 is 1.00 bits per heavy atom. The van der Waals surface area contributed by atoms with Gasteiger partial charge in [-0.1, -0.05) is 46.5 Å². The van der Waals surface area contributed by atoms with Crippen molar-refractivity contribution in [2.75, 3.05) is 7.05 Å². The summed E-state index contributed by atoms with van der Waals surface area (Å²) >= 11 is 12.0. The third-order valence-corrected chi connectivity index (χ3v) is 5.85. The van der Waals surface area contributed by atoms with E-state index in [1.54, 1.807) is 37.4 Å². The van der Waals surface area contributed by atoms with Crippen LogP contribution >= 0.6 is 23.2 Å². The van der Waals surface area contributed by atoms with Crippen LogP contribution in [0.5, 0.6) is 0 Å². The second kappa shape index (κ2) is 7.17. The number of imide groups is 1. The zero-order valence-corrected chi connectivity index (χ0v) is 16.6. The second-order valence-electron chi connectivity index (χ2n) is 6.79. The minimum Gasteiger partial charge on any atom is -0.338 e. The Bertz CT molecular complexity index is 1040. The molecular formula is C20H14Cl2N2O5. The van der Waals surface area contributed by atoms with Gasteiger partial charge in [-0.25, -0.2) is 4.79 Å². The van der Waals surface area contributed by atoms with Crippen LogP contribution in [0.15, 0.2) is 42.5 Å². The van der Waals surface area contributed by atoms with Gasteiger partial charge in [0, 0.05) is 13.5 Å². The molecule has 0 aromatic heterocycles. The first kappa shape index (κ1) is 19.4. The summed E-state index contributed by atoms with van der Waals surface area (Å²) in [5.41, 5.74) is 0.911. The molecule has 4 rings (SSSR count). The summed E-state index contributed by atoms with van der Waals surface area (Å²) in [5, 5.41) is 1.07. The van der Waals surface area contributed by atoms with Crippen LogP contribution in [-0.2, 0) is 14.4 Å². The van der Waals surface area contributed by atoms with Crippen molar-refractivity contribution in [1.29, 1.82) is 0 Å². The van der Waals surface area contributed by atoms with Crippen LogP contribution in [0.25, 0.3) is 0 Å². The molecule has 2 aromatic rings. The molecule has 0 aliphatic carbocycles. The number of halogens is 2. The second-order valence-corrected chi connectivity index (χ2v) is 7.61. The Kier molecular flexibility index (Phi) is 4.80. The smallest absolute Gasteiger partial charge is 0.338 e. The average molecular weight is 433 g/mol. The van der Waals surface area contributed by atoms with Gasteiger partial charge in [0.05, 0.1) is 33.1 Å². The molecule has 2 atom stereocenters. The first-order chi connectivity index (χ1) is 13.8. The lowest BCUT2D eigenvalue weighted by molar-refractivity contribution is -0.174. The molecule has 0 N–H and O–H groups in total. The normalized spacial score (nSPS) is 21.0. The van der Waals surface area contributed by atoms with E-state index in [0.717, 1.165) is 0 Å². The molecule has 0 bridgehead atoms. The van der Waals surface area contributed by atoms with Gasteiger partial charge in [-0.05, 0) is 29.8 Å². The Morgan fingerprint density at radius 3 is 2.21 bits per heavy atom. The molecule has 2 aliphatic heterocycles. The van der Waals surface area contributed by atoms with Crippen LogP contribution in [0, 0.1) is 5.92 Å². The van der Waals surface area contributed by atoms with Gasteiger partial charge in [0.1, 0.15) is 0 Å². The summed E-state index contributed by atoms with van der Waals surface area (Å²) < 4.78 is 0. The van der Waals surface area contributed by atoms with Crippen LogP contribution < -0.4 is 0 Å². The summed E-state index contributed by atoms with van der Waals surface area (Å²) in [5.74, 6) is -3.49. The largest absolute Gasteiger partial charge is 0.339 e. The molecule has 9 heteroatoms. The molecule has 7 nitrogen and oxygen atoms in total. The average Bonchev–Trinajstić information content (AvgIpc) is 3.13. The van der Waals surface area contributed by atoms with E-state index in [4.69, 9.17) is 28.0 Å². The van der Waals surface area contributed by atoms with Crippen molar-refractivity contribution < 1.29 is 24.0 Å². The maximum Gasteiger partial charge on any atom is 0.339 e. The first-order valence-electron chi connectivity index (χ1n) is 8.70. The van der Waals surface area contributed by atoms with E-state index < -0.39 is 29.7 Å². The number of carbonyl (C=O) groups is 4. The molecule has 0 radical (unpaired) electrons. The van der Waals surface area contributed by atoms with Crippen LogP contribution in [0.3, 0.4) is 0 Å². The van der Waals surface area contributed by atoms with Crippen LogP contribution in [0.2, 0.25) is 10.0 Å². The van der Waals surface area contributed by atoms with Crippen molar-refractivity contribution in [3.63, 3.8) is 0 Å². The number of amides is 3. The molecule has 0 spiro atoms. The number of nitrogens with zero attached hydrogens (tertiary/aromatic N) is 2. The fraction of sp³-hybridized carbons (Fsp3) is 0.200. The Hall–Kier alpha value is -2.90. The van der Waals surface area contributed by atoms with E-state index >= 15 is 0 Å². The zero-order valence-electron chi connectivity index (χ0n) is 15.1. The number of hydroxylamine groups is 2. The highest BCUT2D eigenvalue weighted by Gasteiger charge is 2.47. The van der Waals surface area contributed by atoms with E-state index in [9.17, 15) is 19.2 Å². The number of hydrogen-bond donors (Lipinski definition) is 0. The highest BCUT2D eigenvalue weighted by Crippen LogP contribution is 2.40. The van der Waals surface area contributed by atoms with Crippen molar-refractivity contribution in [2.45, 2.75) is 12.5 Å². The molecule has 0 saturated carbocycles. The van der Waals surface area contributed by atoms with Crippen molar-refractivity contribution in [3.8, 4) is 0 Å². The molecular weight excluding hydrogens is 419 g/mol. The van der Waals surface area contributed by atoms with Crippen LogP contribution in [0.4, 0.5) is 0 Å². The Balaban J connectivity index is 1.60. The van der Waals surface area contributed by atoms with Crippen molar-refractivity contribution in [1.82, 2.24) is 9.96 Å². The highest BCUT2D eigenvalue weighted by molar-refractivity contribution is 6.42. The minimum atomic E-state index is -0.922. The highest BCUT2D eigenvalue weighted by atomic mass is 35.5. The molecule has 2 unspecified atom stereocenters. The molecule has 29 heavy (non-hydrogen) atoms. The topological polar surface area (TPSA) is 84.0 Å².